The topological polar surface area (TPSA) is 126 Å². The number of ether oxygens (including phenoxy) is 1. The Morgan fingerprint density at radius 3 is 2.52 bits per heavy atom. The molecule has 1 aliphatic heterocycles. The van der Waals surface area contributed by atoms with Crippen molar-refractivity contribution < 1.29 is 20.1 Å². The number of aliphatic hydroxyl groups is 3. The van der Waals surface area contributed by atoms with Crippen LogP contribution in [0.2, 0.25) is 15.1 Å². The molecule has 1 saturated heterocycles. The van der Waals surface area contributed by atoms with Crippen LogP contribution >= 0.6 is 34.8 Å². The molecule has 1 unspecified atom stereocenters. The SMILES string of the molecule is OC[C@H]1OC(n2cnc3c(NCc4cc(Cl)c(Cl)cc4Cl)ncnc32)[C@H](O)[C@@H]1O. The molecular formula is C17H16Cl3N5O4. The van der Waals surface area contributed by atoms with Crippen LogP contribution in [-0.4, -0.2) is 59.8 Å². The summed E-state index contributed by atoms with van der Waals surface area (Å²) < 4.78 is 7.03. The van der Waals surface area contributed by atoms with Crippen LogP contribution in [0.4, 0.5) is 5.82 Å². The first kappa shape index (κ1) is 20.5. The van der Waals surface area contributed by atoms with Gasteiger partial charge < -0.3 is 25.4 Å². The zero-order valence-corrected chi connectivity index (χ0v) is 17.0. The molecule has 0 bridgehead atoms. The highest BCUT2D eigenvalue weighted by Crippen LogP contribution is 2.33. The molecule has 1 aromatic carbocycles. The third-order valence-corrected chi connectivity index (χ3v) is 5.76. The van der Waals surface area contributed by atoms with Crippen LogP contribution in [0.1, 0.15) is 11.8 Å². The van der Waals surface area contributed by atoms with E-state index in [2.05, 4.69) is 20.3 Å². The number of halogens is 3. The maximum absolute atomic E-state index is 10.3. The van der Waals surface area contributed by atoms with Crippen LogP contribution in [0.5, 0.6) is 0 Å². The number of anilines is 1. The summed E-state index contributed by atoms with van der Waals surface area (Å²) in [5.41, 5.74) is 1.54. The number of aliphatic hydroxyl groups excluding tert-OH is 3. The van der Waals surface area contributed by atoms with Gasteiger partial charge in [-0.1, -0.05) is 34.8 Å². The molecule has 0 saturated carbocycles. The highest BCUT2D eigenvalue weighted by atomic mass is 35.5. The molecule has 2 aromatic heterocycles. The smallest absolute Gasteiger partial charge is 0.167 e. The van der Waals surface area contributed by atoms with Gasteiger partial charge in [-0.2, -0.15) is 0 Å². The second-order valence-electron chi connectivity index (χ2n) is 6.49. The zero-order chi connectivity index (χ0) is 20.7. The molecule has 12 heteroatoms. The van der Waals surface area contributed by atoms with Crippen molar-refractivity contribution in [2.75, 3.05) is 11.9 Å². The third-order valence-electron chi connectivity index (χ3n) is 4.69. The molecule has 154 valence electrons. The number of rotatable bonds is 5. The lowest BCUT2D eigenvalue weighted by Crippen LogP contribution is -2.33. The fourth-order valence-electron chi connectivity index (χ4n) is 3.16. The lowest BCUT2D eigenvalue weighted by atomic mass is 10.1. The van der Waals surface area contributed by atoms with E-state index in [1.54, 1.807) is 12.1 Å². The number of nitrogens with one attached hydrogen (secondary N) is 1. The van der Waals surface area contributed by atoms with Gasteiger partial charge in [0.25, 0.3) is 0 Å². The highest BCUT2D eigenvalue weighted by Gasteiger charge is 2.44. The number of hydrogen-bond acceptors (Lipinski definition) is 8. The second kappa shape index (κ2) is 8.19. The van der Waals surface area contributed by atoms with Crippen molar-refractivity contribution in [3.05, 3.63) is 45.4 Å². The Morgan fingerprint density at radius 2 is 1.79 bits per heavy atom. The normalized spacial score (nSPS) is 24.3. The number of aromatic nitrogens is 4. The van der Waals surface area contributed by atoms with Crippen molar-refractivity contribution in [2.24, 2.45) is 0 Å². The van der Waals surface area contributed by atoms with E-state index >= 15 is 0 Å². The van der Waals surface area contributed by atoms with E-state index in [9.17, 15) is 15.3 Å². The second-order valence-corrected chi connectivity index (χ2v) is 7.71. The number of benzene rings is 1. The van der Waals surface area contributed by atoms with Crippen LogP contribution in [0.15, 0.2) is 24.8 Å². The van der Waals surface area contributed by atoms with E-state index < -0.39 is 31.1 Å². The van der Waals surface area contributed by atoms with Crippen LogP contribution in [0.25, 0.3) is 11.2 Å². The first-order valence-corrected chi connectivity index (χ1v) is 9.71. The quantitative estimate of drug-likeness (QED) is 0.426. The minimum absolute atomic E-state index is 0.308. The summed E-state index contributed by atoms with van der Waals surface area (Å²) in [7, 11) is 0. The van der Waals surface area contributed by atoms with Gasteiger partial charge >= 0.3 is 0 Å². The van der Waals surface area contributed by atoms with Crippen molar-refractivity contribution in [3.8, 4) is 0 Å². The van der Waals surface area contributed by atoms with E-state index in [0.717, 1.165) is 5.56 Å². The van der Waals surface area contributed by atoms with Crippen LogP contribution in [0.3, 0.4) is 0 Å². The average Bonchev–Trinajstić information content (AvgIpc) is 3.25. The first-order chi connectivity index (χ1) is 13.9. The van der Waals surface area contributed by atoms with E-state index in [1.807, 2.05) is 0 Å². The Hall–Kier alpha value is -1.72. The van der Waals surface area contributed by atoms with E-state index in [4.69, 9.17) is 39.5 Å². The molecule has 4 rings (SSSR count). The minimum atomic E-state index is -1.24. The maximum Gasteiger partial charge on any atom is 0.167 e. The minimum Gasteiger partial charge on any atom is -0.394 e. The lowest BCUT2D eigenvalue weighted by molar-refractivity contribution is -0.0511. The van der Waals surface area contributed by atoms with Gasteiger partial charge in [0.2, 0.25) is 0 Å². The number of fused-ring (bicyclic) bond motifs is 1. The summed E-state index contributed by atoms with van der Waals surface area (Å²) in [4.78, 5) is 12.7. The van der Waals surface area contributed by atoms with Gasteiger partial charge in [0.1, 0.15) is 24.6 Å². The third kappa shape index (κ3) is 3.75. The number of imidazole rings is 1. The standard InChI is InChI=1S/C17H16Cl3N5O4/c18-8-2-10(20)9(19)1-7(8)3-21-15-12-16(23-5-22-15)25(6-24-12)17-14(28)13(27)11(4-26)29-17/h1-2,5-6,11,13-14,17,26-28H,3-4H2,(H,21,22,23)/t11-,13-,14-,17?/m1/s1. The average molecular weight is 461 g/mol. The Bertz CT molecular complexity index is 1050. The summed E-state index contributed by atoms with van der Waals surface area (Å²) in [5, 5.41) is 33.9. The van der Waals surface area contributed by atoms with Gasteiger partial charge in [0.05, 0.1) is 23.0 Å². The molecule has 3 aromatic rings. The number of hydrogen-bond donors (Lipinski definition) is 4. The fourth-order valence-corrected chi connectivity index (χ4v) is 3.79. The van der Waals surface area contributed by atoms with E-state index in [0.29, 0.717) is 38.6 Å². The molecule has 1 fully saturated rings. The largest absolute Gasteiger partial charge is 0.394 e. The summed E-state index contributed by atoms with van der Waals surface area (Å²) in [5.74, 6) is 0.433. The summed E-state index contributed by atoms with van der Waals surface area (Å²) in [6.45, 7) is -0.115. The molecule has 0 aliphatic carbocycles. The van der Waals surface area contributed by atoms with Gasteiger partial charge in [0.15, 0.2) is 23.2 Å². The molecule has 4 atom stereocenters. The van der Waals surface area contributed by atoms with Gasteiger partial charge in [-0.05, 0) is 17.7 Å². The van der Waals surface area contributed by atoms with Crippen molar-refractivity contribution in [1.29, 1.82) is 0 Å². The monoisotopic (exact) mass is 459 g/mol. The Morgan fingerprint density at radius 1 is 1.03 bits per heavy atom. The zero-order valence-electron chi connectivity index (χ0n) is 14.7. The van der Waals surface area contributed by atoms with E-state index in [-0.39, 0.29) is 0 Å². The Labute approximate surface area is 179 Å². The van der Waals surface area contributed by atoms with Gasteiger partial charge in [0, 0.05) is 11.6 Å². The van der Waals surface area contributed by atoms with Crippen molar-refractivity contribution in [3.63, 3.8) is 0 Å². The van der Waals surface area contributed by atoms with Crippen molar-refractivity contribution >= 4 is 51.8 Å². The van der Waals surface area contributed by atoms with Crippen molar-refractivity contribution in [1.82, 2.24) is 19.5 Å². The molecular weight excluding hydrogens is 445 g/mol. The molecule has 3 heterocycles. The predicted octanol–water partition coefficient (Wildman–Crippen LogP) is 2.01. The maximum atomic E-state index is 10.3. The molecule has 0 radical (unpaired) electrons. The van der Waals surface area contributed by atoms with Crippen LogP contribution < -0.4 is 5.32 Å². The van der Waals surface area contributed by atoms with Crippen LogP contribution in [0, 0.1) is 0 Å². The Balaban J connectivity index is 1.61. The highest BCUT2D eigenvalue weighted by molar-refractivity contribution is 6.43. The van der Waals surface area contributed by atoms with Crippen molar-refractivity contribution in [2.45, 2.75) is 31.1 Å². The molecule has 9 nitrogen and oxygen atoms in total. The summed E-state index contributed by atoms with van der Waals surface area (Å²) in [6, 6.07) is 3.23. The van der Waals surface area contributed by atoms with Crippen LogP contribution in [-0.2, 0) is 11.3 Å². The lowest BCUT2D eigenvalue weighted by Gasteiger charge is -2.16. The molecule has 29 heavy (non-hydrogen) atoms. The van der Waals surface area contributed by atoms with Gasteiger partial charge in [-0.25, -0.2) is 15.0 Å². The van der Waals surface area contributed by atoms with E-state index in [1.165, 1.54) is 17.2 Å². The predicted molar refractivity (Wildman–Crippen MR) is 107 cm³/mol. The molecule has 4 N–H and O–H groups in total. The molecule has 0 amide bonds. The molecule has 0 spiro atoms. The number of nitrogens with zero attached hydrogens (tertiary/aromatic N) is 4. The fraction of sp³-hybridized carbons (Fsp3) is 0.353. The summed E-state index contributed by atoms with van der Waals surface area (Å²) in [6.07, 6.45) is -1.55. The van der Waals surface area contributed by atoms with Gasteiger partial charge in [-0.15, -0.1) is 0 Å². The summed E-state index contributed by atoms with van der Waals surface area (Å²) >= 11 is 18.2. The van der Waals surface area contributed by atoms with Gasteiger partial charge in [-0.3, -0.25) is 4.57 Å². The molecule has 1 aliphatic rings. The Kier molecular flexibility index (Phi) is 5.80. The first-order valence-electron chi connectivity index (χ1n) is 8.58.